The minimum Gasteiger partial charge on any atom is -0.495 e. The van der Waals surface area contributed by atoms with Crippen molar-refractivity contribution in [1.82, 2.24) is 20.0 Å². The van der Waals surface area contributed by atoms with Gasteiger partial charge in [0.15, 0.2) is 0 Å². The van der Waals surface area contributed by atoms with Crippen LogP contribution in [0.5, 0.6) is 5.75 Å². The van der Waals surface area contributed by atoms with Crippen molar-refractivity contribution in [1.29, 1.82) is 0 Å². The third-order valence-electron chi connectivity index (χ3n) is 5.75. The Morgan fingerprint density at radius 2 is 1.74 bits per heavy atom. The molecule has 182 valence electrons. The van der Waals surface area contributed by atoms with Crippen molar-refractivity contribution in [3.63, 3.8) is 0 Å². The van der Waals surface area contributed by atoms with Gasteiger partial charge in [-0.1, -0.05) is 30.3 Å². The van der Waals surface area contributed by atoms with Crippen LogP contribution in [0.1, 0.15) is 22.3 Å². The largest absolute Gasteiger partial charge is 0.495 e. The molecule has 9 nitrogen and oxygen atoms in total. The van der Waals surface area contributed by atoms with E-state index in [4.69, 9.17) is 4.74 Å². The number of nitrogens with one attached hydrogen (secondary N) is 2. The molecular weight excluding hydrogens is 434 g/mol. The molecule has 0 spiro atoms. The summed E-state index contributed by atoms with van der Waals surface area (Å²) < 4.78 is 5.35. The lowest BCUT2D eigenvalue weighted by molar-refractivity contribution is -0.116. The number of likely N-dealkylation sites (N-methyl/N-ethyl adjacent to an activating group) is 1. The molecule has 1 heterocycles. The fraction of sp³-hybridized carbons (Fsp3) is 0.400. The van der Waals surface area contributed by atoms with Crippen LogP contribution in [0.15, 0.2) is 48.5 Å². The van der Waals surface area contributed by atoms with Crippen LogP contribution in [0.3, 0.4) is 0 Å². The van der Waals surface area contributed by atoms with Gasteiger partial charge in [0.2, 0.25) is 5.91 Å². The second-order valence-corrected chi connectivity index (χ2v) is 8.38. The van der Waals surface area contributed by atoms with Crippen LogP contribution >= 0.6 is 0 Å². The van der Waals surface area contributed by atoms with E-state index in [2.05, 4.69) is 15.5 Å². The molecule has 0 atom stereocenters. The smallest absolute Gasteiger partial charge is 0.317 e. The van der Waals surface area contributed by atoms with Crippen LogP contribution in [-0.2, 0) is 11.3 Å². The number of piperazine rings is 1. The minimum atomic E-state index is -0.284. The maximum atomic E-state index is 12.9. The van der Waals surface area contributed by atoms with E-state index in [0.29, 0.717) is 36.6 Å². The Morgan fingerprint density at radius 1 is 1.03 bits per heavy atom. The summed E-state index contributed by atoms with van der Waals surface area (Å²) in [7, 11) is 5.25. The number of anilines is 1. The average Bonchev–Trinajstić information content (AvgIpc) is 2.84. The summed E-state index contributed by atoms with van der Waals surface area (Å²) in [5, 5.41) is 5.56. The second kappa shape index (κ2) is 12.0. The van der Waals surface area contributed by atoms with Gasteiger partial charge >= 0.3 is 6.03 Å². The number of carbonyl (C=O) groups excluding carboxylic acids is 3. The molecular formula is C25H33N5O4. The number of nitrogens with zero attached hydrogens (tertiary/aromatic N) is 3. The lowest BCUT2D eigenvalue weighted by Gasteiger charge is -2.32. The number of amides is 4. The van der Waals surface area contributed by atoms with Gasteiger partial charge in [-0.3, -0.25) is 9.59 Å². The van der Waals surface area contributed by atoms with E-state index in [-0.39, 0.29) is 30.8 Å². The number of carbonyl (C=O) groups is 3. The van der Waals surface area contributed by atoms with Crippen LogP contribution in [-0.4, -0.2) is 86.5 Å². The number of methoxy groups -OCH3 is 1. The van der Waals surface area contributed by atoms with E-state index < -0.39 is 0 Å². The molecule has 1 fully saturated rings. The highest BCUT2D eigenvalue weighted by atomic mass is 16.5. The van der Waals surface area contributed by atoms with Gasteiger partial charge in [-0.2, -0.15) is 0 Å². The summed E-state index contributed by atoms with van der Waals surface area (Å²) in [5.41, 5.74) is 1.95. The number of urea groups is 1. The first kappa shape index (κ1) is 25.0. The molecule has 2 aromatic carbocycles. The summed E-state index contributed by atoms with van der Waals surface area (Å²) in [6, 6.07) is 14.4. The third-order valence-corrected chi connectivity index (χ3v) is 5.75. The van der Waals surface area contributed by atoms with Gasteiger partial charge in [-0.05, 0) is 30.8 Å². The molecule has 34 heavy (non-hydrogen) atoms. The second-order valence-electron chi connectivity index (χ2n) is 8.38. The van der Waals surface area contributed by atoms with Crippen LogP contribution in [0.4, 0.5) is 10.5 Å². The Morgan fingerprint density at radius 3 is 2.41 bits per heavy atom. The van der Waals surface area contributed by atoms with Crippen LogP contribution in [0, 0.1) is 0 Å². The third kappa shape index (κ3) is 6.95. The van der Waals surface area contributed by atoms with Crippen molar-refractivity contribution in [2.75, 3.05) is 59.2 Å². The maximum absolute atomic E-state index is 12.9. The molecule has 0 saturated carbocycles. The van der Waals surface area contributed by atoms with E-state index in [1.165, 1.54) is 7.11 Å². The topological polar surface area (TPSA) is 94.2 Å². The summed E-state index contributed by atoms with van der Waals surface area (Å²) in [5.74, 6) is 0.114. The zero-order valence-electron chi connectivity index (χ0n) is 20.0. The van der Waals surface area contributed by atoms with Gasteiger partial charge in [0.05, 0.1) is 12.8 Å². The zero-order valence-corrected chi connectivity index (χ0v) is 20.0. The van der Waals surface area contributed by atoms with Gasteiger partial charge in [0, 0.05) is 58.3 Å². The first-order chi connectivity index (χ1) is 16.4. The normalized spacial score (nSPS) is 13.8. The van der Waals surface area contributed by atoms with Gasteiger partial charge in [-0.25, -0.2) is 4.79 Å². The zero-order chi connectivity index (χ0) is 24.5. The molecule has 0 aliphatic carbocycles. The molecule has 1 aliphatic rings. The molecule has 2 aromatic rings. The van der Waals surface area contributed by atoms with Gasteiger partial charge in [0.25, 0.3) is 5.91 Å². The maximum Gasteiger partial charge on any atom is 0.317 e. The van der Waals surface area contributed by atoms with E-state index in [1.807, 2.05) is 42.3 Å². The molecule has 9 heteroatoms. The van der Waals surface area contributed by atoms with Gasteiger partial charge < -0.3 is 30.1 Å². The molecule has 4 amide bonds. The predicted molar refractivity (Wildman–Crippen MR) is 131 cm³/mol. The predicted octanol–water partition coefficient (Wildman–Crippen LogP) is 2.25. The van der Waals surface area contributed by atoms with Crippen molar-refractivity contribution in [2.24, 2.45) is 0 Å². The highest BCUT2D eigenvalue weighted by molar-refractivity contribution is 5.98. The molecule has 0 radical (unpaired) electrons. The standard InChI is InChI=1S/C25H33N5O4/c1-28-13-15-30(16-14-28)24(32)20-9-10-22(34-3)21(17-20)27-23(31)11-12-26-25(33)29(2)18-19-7-5-4-6-8-19/h4-10,17H,11-16,18H2,1-3H3,(H,26,33)(H,27,31). The summed E-state index contributed by atoms with van der Waals surface area (Å²) >= 11 is 0. The highest BCUT2D eigenvalue weighted by Crippen LogP contribution is 2.26. The van der Waals surface area contributed by atoms with E-state index in [9.17, 15) is 14.4 Å². The molecule has 3 rings (SSSR count). The Balaban J connectivity index is 1.51. The number of ether oxygens (including phenoxy) is 1. The van der Waals surface area contributed by atoms with Gasteiger partial charge in [-0.15, -0.1) is 0 Å². The van der Waals surface area contributed by atoms with Crippen molar-refractivity contribution in [2.45, 2.75) is 13.0 Å². The molecule has 1 saturated heterocycles. The summed E-state index contributed by atoms with van der Waals surface area (Å²) in [6.45, 7) is 3.66. The van der Waals surface area contributed by atoms with E-state index in [0.717, 1.165) is 18.7 Å². The fourth-order valence-corrected chi connectivity index (χ4v) is 3.69. The lowest BCUT2D eigenvalue weighted by atomic mass is 10.1. The van der Waals surface area contributed by atoms with Gasteiger partial charge in [0.1, 0.15) is 5.75 Å². The van der Waals surface area contributed by atoms with E-state index in [1.54, 1.807) is 30.1 Å². The number of benzene rings is 2. The van der Waals surface area contributed by atoms with Crippen LogP contribution in [0.25, 0.3) is 0 Å². The first-order valence-electron chi connectivity index (χ1n) is 11.4. The van der Waals surface area contributed by atoms with E-state index >= 15 is 0 Å². The Labute approximate surface area is 200 Å². The molecule has 0 bridgehead atoms. The highest BCUT2D eigenvalue weighted by Gasteiger charge is 2.21. The Hall–Kier alpha value is -3.59. The van der Waals surface area contributed by atoms with Crippen molar-refractivity contribution < 1.29 is 19.1 Å². The molecule has 2 N–H and O–H groups in total. The number of hydrogen-bond acceptors (Lipinski definition) is 5. The minimum absolute atomic E-state index is 0.0695. The fourth-order valence-electron chi connectivity index (χ4n) is 3.69. The van der Waals surface area contributed by atoms with Crippen LogP contribution < -0.4 is 15.4 Å². The number of rotatable bonds is 8. The van der Waals surface area contributed by atoms with Crippen molar-refractivity contribution in [3.8, 4) is 5.75 Å². The number of hydrogen-bond donors (Lipinski definition) is 2. The quantitative estimate of drug-likeness (QED) is 0.621. The average molecular weight is 468 g/mol. The molecule has 0 aromatic heterocycles. The first-order valence-corrected chi connectivity index (χ1v) is 11.4. The monoisotopic (exact) mass is 467 g/mol. The van der Waals surface area contributed by atoms with Crippen molar-refractivity contribution in [3.05, 3.63) is 59.7 Å². The molecule has 0 unspecified atom stereocenters. The van der Waals surface area contributed by atoms with Crippen LogP contribution in [0.2, 0.25) is 0 Å². The SMILES string of the molecule is COc1ccc(C(=O)N2CCN(C)CC2)cc1NC(=O)CCNC(=O)N(C)Cc1ccccc1. The summed E-state index contributed by atoms with van der Waals surface area (Å²) in [4.78, 5) is 43.2. The Kier molecular flexibility index (Phi) is 8.86. The Bertz CT molecular complexity index is 990. The molecule has 1 aliphatic heterocycles. The van der Waals surface area contributed by atoms with Crippen molar-refractivity contribution >= 4 is 23.5 Å². The lowest BCUT2D eigenvalue weighted by Crippen LogP contribution is -2.47. The summed E-state index contributed by atoms with van der Waals surface area (Å²) in [6.07, 6.45) is 0.0880.